The van der Waals surface area contributed by atoms with Crippen molar-refractivity contribution in [1.29, 1.82) is 0 Å². The maximum absolute atomic E-state index is 3.03. The van der Waals surface area contributed by atoms with Crippen LogP contribution < -0.4 is 0 Å². The third kappa shape index (κ3) is 33.4. The van der Waals surface area contributed by atoms with E-state index >= 15 is 0 Å². The Kier molecular flexibility index (Phi) is 37.9. The summed E-state index contributed by atoms with van der Waals surface area (Å²) in [5, 5.41) is 0. The van der Waals surface area contributed by atoms with Crippen LogP contribution in [0.4, 0.5) is 0 Å². The average molecular weight is 632 g/mol. The standard InChI is InChI=1S/C44H89N/c1-6-11-16-21-24-25-26-27-30-35-40-45(41-43(36-31-19-14-9-4)38-33-28-22-17-12-7-2)42-44(37-32-20-15-10-5)39-34-29-23-18-13-8-3/h6,11,43-44H,7-10,12-42H2,1-5H3/b11-6+. The van der Waals surface area contributed by atoms with E-state index in [2.05, 4.69) is 51.7 Å². The Labute approximate surface area is 288 Å². The fourth-order valence-electron chi connectivity index (χ4n) is 7.44. The summed E-state index contributed by atoms with van der Waals surface area (Å²) in [6, 6.07) is 0. The second-order valence-electron chi connectivity index (χ2n) is 15.1. The third-order valence-electron chi connectivity index (χ3n) is 10.5. The lowest BCUT2D eigenvalue weighted by atomic mass is 9.91. The molecule has 0 aromatic heterocycles. The van der Waals surface area contributed by atoms with Gasteiger partial charge in [0.05, 0.1) is 0 Å². The van der Waals surface area contributed by atoms with Crippen LogP contribution in [-0.4, -0.2) is 24.5 Å². The molecule has 0 heterocycles. The first-order valence-corrected chi connectivity index (χ1v) is 21.5. The van der Waals surface area contributed by atoms with Crippen molar-refractivity contribution in [3.8, 4) is 0 Å². The Bertz CT molecular complexity index is 519. The van der Waals surface area contributed by atoms with Crippen molar-refractivity contribution < 1.29 is 0 Å². The molecule has 0 bridgehead atoms. The lowest BCUT2D eigenvalue weighted by Crippen LogP contribution is -2.35. The Morgan fingerprint density at radius 3 is 1.07 bits per heavy atom. The summed E-state index contributed by atoms with van der Waals surface area (Å²) in [6.07, 6.45) is 50.6. The minimum absolute atomic E-state index is 0.931. The maximum Gasteiger partial charge on any atom is 0.000977 e. The van der Waals surface area contributed by atoms with E-state index in [4.69, 9.17) is 0 Å². The van der Waals surface area contributed by atoms with Crippen LogP contribution in [0.15, 0.2) is 12.2 Å². The average Bonchev–Trinajstić information content (AvgIpc) is 3.04. The Hall–Kier alpha value is -0.300. The zero-order chi connectivity index (χ0) is 32.9. The molecule has 0 amide bonds. The smallest absolute Gasteiger partial charge is 0.000977 e. The largest absolute Gasteiger partial charge is 0.303 e. The third-order valence-corrected chi connectivity index (χ3v) is 10.5. The molecule has 2 atom stereocenters. The molecule has 0 aromatic carbocycles. The highest BCUT2D eigenvalue weighted by Gasteiger charge is 2.19. The van der Waals surface area contributed by atoms with E-state index in [-0.39, 0.29) is 0 Å². The molecule has 0 radical (unpaired) electrons. The maximum atomic E-state index is 3.03. The van der Waals surface area contributed by atoms with Crippen molar-refractivity contribution >= 4 is 0 Å². The van der Waals surface area contributed by atoms with E-state index < -0.39 is 0 Å². The Morgan fingerprint density at radius 1 is 0.378 bits per heavy atom. The number of nitrogens with zero attached hydrogens (tertiary/aromatic N) is 1. The van der Waals surface area contributed by atoms with Gasteiger partial charge in [0, 0.05) is 13.1 Å². The highest BCUT2D eigenvalue weighted by atomic mass is 15.1. The van der Waals surface area contributed by atoms with Gasteiger partial charge >= 0.3 is 0 Å². The molecule has 0 fully saturated rings. The number of rotatable bonds is 38. The molecule has 45 heavy (non-hydrogen) atoms. The fraction of sp³-hybridized carbons (Fsp3) is 0.955. The topological polar surface area (TPSA) is 3.24 Å². The molecule has 2 unspecified atom stereocenters. The summed E-state index contributed by atoms with van der Waals surface area (Å²) >= 11 is 0. The van der Waals surface area contributed by atoms with Gasteiger partial charge in [0.2, 0.25) is 0 Å². The van der Waals surface area contributed by atoms with E-state index in [0.29, 0.717) is 0 Å². The first-order chi connectivity index (χ1) is 22.2. The molecule has 0 aliphatic rings. The number of unbranched alkanes of at least 4 members (excludes halogenated alkanes) is 23. The van der Waals surface area contributed by atoms with Crippen molar-refractivity contribution in [1.82, 2.24) is 4.90 Å². The zero-order valence-electron chi connectivity index (χ0n) is 32.5. The normalized spacial score (nSPS) is 13.4. The van der Waals surface area contributed by atoms with Crippen LogP contribution in [-0.2, 0) is 0 Å². The number of allylic oxidation sites excluding steroid dienone is 2. The molecular weight excluding hydrogens is 542 g/mol. The molecule has 0 aliphatic carbocycles. The minimum atomic E-state index is 0.931. The van der Waals surface area contributed by atoms with Gasteiger partial charge in [0.25, 0.3) is 0 Å². The van der Waals surface area contributed by atoms with Crippen molar-refractivity contribution in [3.05, 3.63) is 12.2 Å². The fourth-order valence-corrected chi connectivity index (χ4v) is 7.44. The van der Waals surface area contributed by atoms with Gasteiger partial charge in [0.1, 0.15) is 0 Å². The van der Waals surface area contributed by atoms with Gasteiger partial charge < -0.3 is 4.90 Å². The van der Waals surface area contributed by atoms with Gasteiger partial charge in [-0.1, -0.05) is 200 Å². The number of hydrogen-bond acceptors (Lipinski definition) is 1. The van der Waals surface area contributed by atoms with Gasteiger partial charge in [-0.2, -0.15) is 0 Å². The molecule has 0 aromatic rings. The zero-order valence-corrected chi connectivity index (χ0v) is 32.5. The van der Waals surface area contributed by atoms with Crippen LogP contribution in [0.3, 0.4) is 0 Å². The van der Waals surface area contributed by atoms with Gasteiger partial charge in [-0.05, 0) is 70.3 Å². The molecule has 0 saturated heterocycles. The molecule has 0 spiro atoms. The lowest BCUT2D eigenvalue weighted by molar-refractivity contribution is 0.170. The minimum Gasteiger partial charge on any atom is -0.303 e. The molecule has 0 rings (SSSR count). The molecule has 0 N–H and O–H groups in total. The Balaban J connectivity index is 5.18. The van der Waals surface area contributed by atoms with Crippen LogP contribution in [0.2, 0.25) is 0 Å². The summed E-state index contributed by atoms with van der Waals surface area (Å²) in [4.78, 5) is 3.03. The molecule has 270 valence electrons. The lowest BCUT2D eigenvalue weighted by Gasteiger charge is -2.31. The van der Waals surface area contributed by atoms with Gasteiger partial charge in [0.15, 0.2) is 0 Å². The summed E-state index contributed by atoms with van der Waals surface area (Å²) in [5.74, 6) is 1.86. The quantitative estimate of drug-likeness (QED) is 0.0484. The summed E-state index contributed by atoms with van der Waals surface area (Å²) in [6.45, 7) is 15.7. The van der Waals surface area contributed by atoms with Crippen LogP contribution in [0.1, 0.15) is 240 Å². The van der Waals surface area contributed by atoms with Crippen LogP contribution in [0.5, 0.6) is 0 Å². The molecule has 0 aliphatic heterocycles. The van der Waals surface area contributed by atoms with Gasteiger partial charge in [-0.3, -0.25) is 0 Å². The second-order valence-corrected chi connectivity index (χ2v) is 15.1. The number of hydrogen-bond donors (Lipinski definition) is 0. The van der Waals surface area contributed by atoms with E-state index in [1.165, 1.54) is 225 Å². The van der Waals surface area contributed by atoms with Crippen molar-refractivity contribution in [2.24, 2.45) is 11.8 Å². The molecular formula is C44H89N. The predicted octanol–water partition coefficient (Wildman–Crippen LogP) is 15.7. The highest BCUT2D eigenvalue weighted by Crippen LogP contribution is 2.25. The Morgan fingerprint density at radius 2 is 0.689 bits per heavy atom. The SMILES string of the molecule is C/C=C/CCCCCCCCCN(CC(CCCCCC)CCCCCCCC)CC(CCCCCC)CCCCCCCC. The monoisotopic (exact) mass is 632 g/mol. The van der Waals surface area contributed by atoms with Crippen LogP contribution >= 0.6 is 0 Å². The van der Waals surface area contributed by atoms with E-state index in [9.17, 15) is 0 Å². The summed E-state index contributed by atoms with van der Waals surface area (Å²) < 4.78 is 0. The van der Waals surface area contributed by atoms with Gasteiger partial charge in [-0.25, -0.2) is 0 Å². The van der Waals surface area contributed by atoms with Crippen LogP contribution in [0.25, 0.3) is 0 Å². The molecule has 1 heteroatoms. The first-order valence-electron chi connectivity index (χ1n) is 21.5. The van der Waals surface area contributed by atoms with E-state index in [1.807, 2.05) is 0 Å². The van der Waals surface area contributed by atoms with Crippen molar-refractivity contribution in [3.63, 3.8) is 0 Å². The van der Waals surface area contributed by atoms with Crippen molar-refractivity contribution in [2.75, 3.05) is 19.6 Å². The van der Waals surface area contributed by atoms with Crippen LogP contribution in [0, 0.1) is 11.8 Å². The summed E-state index contributed by atoms with van der Waals surface area (Å²) in [5.41, 5.74) is 0. The molecule has 1 nitrogen and oxygen atoms in total. The molecule has 0 saturated carbocycles. The van der Waals surface area contributed by atoms with Gasteiger partial charge in [-0.15, -0.1) is 0 Å². The summed E-state index contributed by atoms with van der Waals surface area (Å²) in [7, 11) is 0. The highest BCUT2D eigenvalue weighted by molar-refractivity contribution is 4.76. The van der Waals surface area contributed by atoms with E-state index in [1.54, 1.807) is 0 Å². The van der Waals surface area contributed by atoms with Crippen molar-refractivity contribution in [2.45, 2.75) is 240 Å². The predicted molar refractivity (Wildman–Crippen MR) is 209 cm³/mol. The second kappa shape index (κ2) is 38.2. The first kappa shape index (κ1) is 44.7. The van der Waals surface area contributed by atoms with E-state index in [0.717, 1.165) is 11.8 Å².